The van der Waals surface area contributed by atoms with Gasteiger partial charge in [-0.05, 0) is 47.4 Å². The monoisotopic (exact) mass is 406 g/mol. The minimum Gasteiger partial charge on any atom is -0.454 e. The second-order valence-electron chi connectivity index (χ2n) is 7.09. The molecule has 0 radical (unpaired) electrons. The third-order valence-corrected chi connectivity index (χ3v) is 5.61. The van der Waals surface area contributed by atoms with Gasteiger partial charge < -0.3 is 19.7 Å². The Morgan fingerprint density at radius 2 is 1.79 bits per heavy atom. The van der Waals surface area contributed by atoms with Gasteiger partial charge in [-0.15, -0.1) is 0 Å². The lowest BCUT2D eigenvalue weighted by Crippen LogP contribution is -2.43. The third-order valence-electron chi connectivity index (χ3n) is 5.35. The van der Waals surface area contributed by atoms with Gasteiger partial charge in [0, 0.05) is 23.3 Å². The summed E-state index contributed by atoms with van der Waals surface area (Å²) in [6.07, 6.45) is 0.814. The third kappa shape index (κ3) is 3.38. The fourth-order valence-corrected chi connectivity index (χ4v) is 4.09. The van der Waals surface area contributed by atoms with Gasteiger partial charge in [0.1, 0.15) is 0 Å². The molecule has 3 aromatic carbocycles. The van der Waals surface area contributed by atoms with Gasteiger partial charge in [-0.1, -0.05) is 48.0 Å². The summed E-state index contributed by atoms with van der Waals surface area (Å²) in [5, 5.41) is 3.68. The van der Waals surface area contributed by atoms with Crippen molar-refractivity contribution < 1.29 is 14.3 Å². The molecular weight excluding hydrogens is 388 g/mol. The van der Waals surface area contributed by atoms with E-state index in [1.165, 1.54) is 5.56 Å². The Balaban J connectivity index is 1.47. The van der Waals surface area contributed by atoms with E-state index < -0.39 is 0 Å². The summed E-state index contributed by atoms with van der Waals surface area (Å²) in [4.78, 5) is 15.1. The Hall–Kier alpha value is -3.18. The Kier molecular flexibility index (Phi) is 4.52. The average Bonchev–Trinajstić information content (AvgIpc) is 3.21. The van der Waals surface area contributed by atoms with Crippen molar-refractivity contribution in [3.63, 3.8) is 0 Å². The second kappa shape index (κ2) is 7.33. The van der Waals surface area contributed by atoms with Crippen molar-refractivity contribution in [2.24, 2.45) is 0 Å². The normalized spacial score (nSPS) is 17.0. The smallest absolute Gasteiger partial charge is 0.322 e. The van der Waals surface area contributed by atoms with E-state index in [0.29, 0.717) is 28.8 Å². The molecule has 0 fully saturated rings. The first kappa shape index (κ1) is 17.9. The predicted molar refractivity (Wildman–Crippen MR) is 112 cm³/mol. The quantitative estimate of drug-likeness (QED) is 0.632. The minimum atomic E-state index is -0.175. The first-order chi connectivity index (χ1) is 14.2. The molecule has 3 aromatic rings. The lowest BCUT2D eigenvalue weighted by atomic mass is 9.88. The Morgan fingerprint density at radius 3 is 2.66 bits per heavy atom. The van der Waals surface area contributed by atoms with Gasteiger partial charge in [-0.25, -0.2) is 4.79 Å². The molecule has 0 unspecified atom stereocenters. The zero-order valence-corrected chi connectivity index (χ0v) is 16.4. The maximum Gasteiger partial charge on any atom is 0.322 e. The lowest BCUT2D eigenvalue weighted by molar-refractivity contribution is 0.174. The molecule has 0 saturated carbocycles. The number of ether oxygens (including phenoxy) is 2. The van der Waals surface area contributed by atoms with Crippen LogP contribution in [0.15, 0.2) is 66.7 Å². The molecular formula is C23H19ClN2O3. The van der Waals surface area contributed by atoms with Crippen LogP contribution in [-0.2, 0) is 6.42 Å². The topological polar surface area (TPSA) is 50.8 Å². The van der Waals surface area contributed by atoms with Gasteiger partial charge in [-0.2, -0.15) is 0 Å². The molecule has 1 atom stereocenters. The van der Waals surface area contributed by atoms with Crippen molar-refractivity contribution in [3.8, 4) is 11.5 Å². The van der Waals surface area contributed by atoms with E-state index in [4.69, 9.17) is 21.1 Å². The number of halogens is 1. The highest BCUT2D eigenvalue weighted by Gasteiger charge is 2.32. The van der Waals surface area contributed by atoms with Crippen LogP contribution in [0.1, 0.15) is 22.7 Å². The Bertz CT molecular complexity index is 1070. The molecule has 5 nitrogen and oxygen atoms in total. The predicted octanol–water partition coefficient (Wildman–Crippen LogP) is 5.25. The molecule has 5 rings (SSSR count). The van der Waals surface area contributed by atoms with Crippen molar-refractivity contribution in [1.82, 2.24) is 4.90 Å². The molecule has 0 saturated heterocycles. The van der Waals surface area contributed by atoms with E-state index in [-0.39, 0.29) is 18.9 Å². The minimum absolute atomic E-state index is 0.154. The number of carbonyl (C=O) groups is 1. The number of benzene rings is 3. The number of carbonyl (C=O) groups excluding carboxylic acids is 1. The molecule has 0 aromatic heterocycles. The highest BCUT2D eigenvalue weighted by atomic mass is 35.5. The highest BCUT2D eigenvalue weighted by molar-refractivity contribution is 6.30. The SMILES string of the molecule is O=C(Nc1ccc2c(c1)OCO2)N1CCc2ccccc2[C@H]1c1ccc(Cl)cc1. The number of nitrogens with zero attached hydrogens (tertiary/aromatic N) is 1. The molecule has 0 spiro atoms. The summed E-state index contributed by atoms with van der Waals surface area (Å²) < 4.78 is 10.8. The largest absolute Gasteiger partial charge is 0.454 e. The molecule has 146 valence electrons. The Morgan fingerprint density at radius 1 is 1.00 bits per heavy atom. The van der Waals surface area contributed by atoms with Crippen molar-refractivity contribution in [2.45, 2.75) is 12.5 Å². The number of anilines is 1. The standard InChI is InChI=1S/C23H19ClN2O3/c24-17-7-5-16(6-8-17)22-19-4-2-1-3-15(19)11-12-26(22)23(27)25-18-9-10-20-21(13-18)29-14-28-20/h1-10,13,22H,11-12,14H2,(H,25,27)/t22-/m1/s1. The van der Waals surface area contributed by atoms with Gasteiger partial charge in [0.25, 0.3) is 0 Å². The van der Waals surface area contributed by atoms with E-state index in [1.807, 2.05) is 47.4 Å². The number of hydrogen-bond donors (Lipinski definition) is 1. The van der Waals surface area contributed by atoms with Crippen LogP contribution in [0.2, 0.25) is 5.02 Å². The van der Waals surface area contributed by atoms with Crippen molar-refractivity contribution >= 4 is 23.3 Å². The van der Waals surface area contributed by atoms with Crippen LogP contribution in [0.3, 0.4) is 0 Å². The van der Waals surface area contributed by atoms with E-state index in [9.17, 15) is 4.79 Å². The van der Waals surface area contributed by atoms with E-state index in [2.05, 4.69) is 17.4 Å². The van der Waals surface area contributed by atoms with Crippen LogP contribution in [0.5, 0.6) is 11.5 Å². The molecule has 1 N–H and O–H groups in total. The number of nitrogens with one attached hydrogen (secondary N) is 1. The summed E-state index contributed by atoms with van der Waals surface area (Å²) in [5.74, 6) is 1.33. The summed E-state index contributed by atoms with van der Waals surface area (Å²) in [7, 11) is 0. The number of hydrogen-bond acceptors (Lipinski definition) is 3. The van der Waals surface area contributed by atoms with Crippen molar-refractivity contribution in [2.75, 3.05) is 18.7 Å². The van der Waals surface area contributed by atoms with Crippen molar-refractivity contribution in [3.05, 3.63) is 88.4 Å². The summed E-state index contributed by atoms with van der Waals surface area (Å²) >= 11 is 6.09. The average molecular weight is 407 g/mol. The summed E-state index contributed by atoms with van der Waals surface area (Å²) in [6.45, 7) is 0.828. The fraction of sp³-hybridized carbons (Fsp3) is 0.174. The first-order valence-corrected chi connectivity index (χ1v) is 9.87. The maximum absolute atomic E-state index is 13.2. The second-order valence-corrected chi connectivity index (χ2v) is 7.53. The first-order valence-electron chi connectivity index (χ1n) is 9.49. The van der Waals surface area contributed by atoms with Gasteiger partial charge >= 0.3 is 6.03 Å². The van der Waals surface area contributed by atoms with Gasteiger partial charge in [0.2, 0.25) is 6.79 Å². The molecule has 2 amide bonds. The van der Waals surface area contributed by atoms with Crippen LogP contribution >= 0.6 is 11.6 Å². The van der Waals surface area contributed by atoms with Crippen LogP contribution in [0, 0.1) is 0 Å². The lowest BCUT2D eigenvalue weighted by Gasteiger charge is -2.37. The highest BCUT2D eigenvalue weighted by Crippen LogP contribution is 2.37. The van der Waals surface area contributed by atoms with E-state index in [0.717, 1.165) is 17.5 Å². The van der Waals surface area contributed by atoms with Gasteiger partial charge in [-0.3, -0.25) is 0 Å². The van der Waals surface area contributed by atoms with E-state index >= 15 is 0 Å². The van der Waals surface area contributed by atoms with Crippen LogP contribution in [0.4, 0.5) is 10.5 Å². The van der Waals surface area contributed by atoms with Crippen LogP contribution in [-0.4, -0.2) is 24.3 Å². The summed E-state index contributed by atoms with van der Waals surface area (Å²) in [5.41, 5.74) is 4.11. The van der Waals surface area contributed by atoms with Crippen LogP contribution < -0.4 is 14.8 Å². The molecule has 2 aliphatic heterocycles. The number of fused-ring (bicyclic) bond motifs is 2. The van der Waals surface area contributed by atoms with E-state index in [1.54, 1.807) is 12.1 Å². The molecule has 2 heterocycles. The molecule has 6 heteroatoms. The van der Waals surface area contributed by atoms with Crippen LogP contribution in [0.25, 0.3) is 0 Å². The Labute approximate surface area is 173 Å². The molecule has 29 heavy (non-hydrogen) atoms. The van der Waals surface area contributed by atoms with Crippen molar-refractivity contribution in [1.29, 1.82) is 0 Å². The molecule has 0 aliphatic carbocycles. The summed E-state index contributed by atoms with van der Waals surface area (Å²) in [6, 6.07) is 21.1. The van der Waals surface area contributed by atoms with Gasteiger partial charge in [0.15, 0.2) is 11.5 Å². The zero-order chi connectivity index (χ0) is 19.8. The molecule has 0 bridgehead atoms. The van der Waals surface area contributed by atoms with Gasteiger partial charge in [0.05, 0.1) is 6.04 Å². The fourth-order valence-electron chi connectivity index (χ4n) is 3.96. The number of rotatable bonds is 2. The maximum atomic E-state index is 13.2. The number of urea groups is 1. The zero-order valence-electron chi connectivity index (χ0n) is 15.6. The number of amides is 2. The molecule has 2 aliphatic rings.